The van der Waals surface area contributed by atoms with E-state index in [0.717, 1.165) is 0 Å². The summed E-state index contributed by atoms with van der Waals surface area (Å²) in [5.41, 5.74) is 0. The number of hydrogen-bond acceptors (Lipinski definition) is 6. The maximum Gasteiger partial charge on any atom is 2.00 e. The van der Waals surface area contributed by atoms with Gasteiger partial charge in [-0.25, -0.2) is 0 Å². The Labute approximate surface area is 80.0 Å². The third kappa shape index (κ3) is 4510. The van der Waals surface area contributed by atoms with Gasteiger partial charge in [0.15, 0.2) is 0 Å². The first-order valence-electron chi connectivity index (χ1n) is 1.22. The molecule has 0 heterocycles. The predicted molar refractivity (Wildman–Crippen MR) is 10.8 cm³/mol. The molecule has 0 aliphatic carbocycles. The van der Waals surface area contributed by atoms with Gasteiger partial charge in [0.05, 0.1) is 0 Å². The SMILES string of the molecule is O=C([O-])[O-].O=C([O-])[O-].[Cu+2].[Pd+2]. The second-order valence-electron chi connectivity index (χ2n) is 0.500. The van der Waals surface area contributed by atoms with Gasteiger partial charge in [0.1, 0.15) is 0 Å². The van der Waals surface area contributed by atoms with Gasteiger partial charge in [-0.3, -0.25) is 0 Å². The van der Waals surface area contributed by atoms with Crippen LogP contribution in [0.2, 0.25) is 0 Å². The fourth-order valence-electron chi connectivity index (χ4n) is 0. The van der Waals surface area contributed by atoms with Crippen molar-refractivity contribution < 1.29 is 67.5 Å². The summed E-state index contributed by atoms with van der Waals surface area (Å²) in [4.78, 5) is 16.7. The van der Waals surface area contributed by atoms with Crippen LogP contribution in [0.1, 0.15) is 0 Å². The molecule has 0 fully saturated rings. The normalized spacial score (nSPS) is 4.80. The minimum absolute atomic E-state index is 0. The quantitative estimate of drug-likeness (QED) is 0.411. The molecular weight excluding hydrogens is 290 g/mol. The second kappa shape index (κ2) is 15.9. The van der Waals surface area contributed by atoms with Crippen LogP contribution in [0.25, 0.3) is 0 Å². The van der Waals surface area contributed by atoms with Crippen LogP contribution in [0, 0.1) is 0 Å². The summed E-state index contributed by atoms with van der Waals surface area (Å²) in [6.45, 7) is 0. The summed E-state index contributed by atoms with van der Waals surface area (Å²) >= 11 is 0. The monoisotopic (exact) mass is 289 g/mol. The molecule has 0 aromatic rings. The number of rotatable bonds is 0. The van der Waals surface area contributed by atoms with Crippen LogP contribution in [0.4, 0.5) is 9.59 Å². The largest absolute Gasteiger partial charge is 2.00 e. The van der Waals surface area contributed by atoms with Crippen molar-refractivity contribution in [3.8, 4) is 0 Å². The average molecular weight is 290 g/mol. The molecule has 0 aliphatic heterocycles. The molecule has 6 nitrogen and oxygen atoms in total. The van der Waals surface area contributed by atoms with Gasteiger partial charge in [0.2, 0.25) is 0 Å². The number of carbonyl (C=O) groups is 2. The van der Waals surface area contributed by atoms with E-state index in [2.05, 4.69) is 0 Å². The zero-order valence-corrected chi connectivity index (χ0v) is 6.56. The molecule has 0 aliphatic rings. The molecule has 0 unspecified atom stereocenters. The zero-order chi connectivity index (χ0) is 7.15. The molecule has 0 bridgehead atoms. The van der Waals surface area contributed by atoms with Crippen molar-refractivity contribution >= 4 is 12.3 Å². The molecule has 0 saturated carbocycles. The Morgan fingerprint density at radius 1 is 0.800 bits per heavy atom. The Bertz CT molecular complexity index is 73.7. The van der Waals surface area contributed by atoms with Gasteiger partial charge in [-0.1, -0.05) is 0 Å². The maximum atomic E-state index is 8.33. The Morgan fingerprint density at radius 3 is 0.800 bits per heavy atom. The molecule has 0 atom stereocenters. The Balaban J connectivity index is -0.0000000300. The van der Waals surface area contributed by atoms with Crippen molar-refractivity contribution in [2.75, 3.05) is 0 Å². The van der Waals surface area contributed by atoms with E-state index >= 15 is 0 Å². The zero-order valence-electron chi connectivity index (χ0n) is 4.07. The number of hydrogen-bond donors (Lipinski definition) is 0. The first-order chi connectivity index (χ1) is 3.46. The summed E-state index contributed by atoms with van der Waals surface area (Å²) in [6, 6.07) is 0. The molecule has 1 radical (unpaired) electrons. The van der Waals surface area contributed by atoms with Crippen LogP contribution in [-0.2, 0) is 37.5 Å². The molecule has 0 saturated heterocycles. The molecule has 0 aromatic carbocycles. The number of carbonyl (C=O) groups excluding carboxylic acids is 2. The van der Waals surface area contributed by atoms with Crippen LogP contribution < -0.4 is 20.4 Å². The first-order valence-corrected chi connectivity index (χ1v) is 1.22. The third-order valence-corrected chi connectivity index (χ3v) is 0. The van der Waals surface area contributed by atoms with E-state index in [0.29, 0.717) is 0 Å². The van der Waals surface area contributed by atoms with Gasteiger partial charge in [-0.2, -0.15) is 0 Å². The fourth-order valence-corrected chi connectivity index (χ4v) is 0. The molecule has 65 valence electrons. The van der Waals surface area contributed by atoms with Gasteiger partial charge in [0, 0.05) is 0 Å². The summed E-state index contributed by atoms with van der Waals surface area (Å²) in [6.07, 6.45) is -4.67. The van der Waals surface area contributed by atoms with Crippen molar-refractivity contribution in [2.45, 2.75) is 0 Å². The van der Waals surface area contributed by atoms with E-state index < -0.39 is 12.3 Å². The van der Waals surface area contributed by atoms with Crippen molar-refractivity contribution in [3.05, 3.63) is 0 Å². The summed E-state index contributed by atoms with van der Waals surface area (Å²) in [7, 11) is 0. The Morgan fingerprint density at radius 2 is 0.800 bits per heavy atom. The topological polar surface area (TPSA) is 126 Å². The maximum absolute atomic E-state index is 8.33. The predicted octanol–water partition coefficient (Wildman–Crippen LogP) is -4.90. The van der Waals surface area contributed by atoms with Crippen molar-refractivity contribution in [1.29, 1.82) is 0 Å². The molecular formula is C2CuO6Pd. The van der Waals surface area contributed by atoms with Crippen LogP contribution in [0.5, 0.6) is 0 Å². The van der Waals surface area contributed by atoms with Gasteiger partial charge in [-0.15, -0.1) is 0 Å². The second-order valence-corrected chi connectivity index (χ2v) is 0.500. The third-order valence-electron chi connectivity index (χ3n) is 0. The number of carboxylic acid groups (broad SMARTS) is 4. The standard InChI is InChI=1S/2CH2O3.Cu.Pd/c2*2-1(3)4;;/h2*(H2,2,3,4);;/q;;2*+2/p-4. The fraction of sp³-hybridized carbons (Fsp3) is 0. The molecule has 0 rings (SSSR count). The molecule has 0 amide bonds. The van der Waals surface area contributed by atoms with E-state index in [1.54, 1.807) is 0 Å². The first kappa shape index (κ1) is 22.6. The Kier molecular flexibility index (Phi) is 35.9. The summed E-state index contributed by atoms with van der Waals surface area (Å²) in [5.74, 6) is 0. The summed E-state index contributed by atoms with van der Waals surface area (Å²) < 4.78 is 0. The molecule has 8 heteroatoms. The average Bonchev–Trinajstić information content (AvgIpc) is 1.25. The van der Waals surface area contributed by atoms with Crippen LogP contribution in [0.3, 0.4) is 0 Å². The molecule has 0 spiro atoms. The van der Waals surface area contributed by atoms with E-state index in [4.69, 9.17) is 30.0 Å². The van der Waals surface area contributed by atoms with Crippen molar-refractivity contribution in [3.63, 3.8) is 0 Å². The molecule has 10 heavy (non-hydrogen) atoms. The van der Waals surface area contributed by atoms with Crippen LogP contribution in [-0.4, -0.2) is 12.3 Å². The molecule has 0 aromatic heterocycles. The van der Waals surface area contributed by atoms with Gasteiger partial charge >= 0.3 is 37.5 Å². The van der Waals surface area contributed by atoms with Crippen molar-refractivity contribution in [2.24, 2.45) is 0 Å². The van der Waals surface area contributed by atoms with Gasteiger partial charge in [0.25, 0.3) is 0 Å². The van der Waals surface area contributed by atoms with E-state index in [1.165, 1.54) is 0 Å². The van der Waals surface area contributed by atoms with E-state index in [1.807, 2.05) is 0 Å². The summed E-state index contributed by atoms with van der Waals surface area (Å²) in [5, 5.41) is 33.3. The van der Waals surface area contributed by atoms with E-state index in [9.17, 15) is 0 Å². The minimum Gasteiger partial charge on any atom is -0.652 e. The minimum atomic E-state index is -2.33. The van der Waals surface area contributed by atoms with Crippen LogP contribution >= 0.6 is 0 Å². The Hall–Kier alpha value is -0.278. The van der Waals surface area contributed by atoms with Gasteiger partial charge in [-0.05, 0) is 12.3 Å². The van der Waals surface area contributed by atoms with Crippen LogP contribution in [0.15, 0.2) is 0 Å². The smallest absolute Gasteiger partial charge is 0.652 e. The molecule has 0 N–H and O–H groups in total. The van der Waals surface area contributed by atoms with Gasteiger partial charge < -0.3 is 30.0 Å². The van der Waals surface area contributed by atoms with Crippen molar-refractivity contribution in [1.82, 2.24) is 0 Å². The van der Waals surface area contributed by atoms with E-state index in [-0.39, 0.29) is 37.5 Å².